The second kappa shape index (κ2) is 5.95. The second-order valence-electron chi connectivity index (χ2n) is 2.19. The summed E-state index contributed by atoms with van der Waals surface area (Å²) in [6, 6.07) is 10.1. The van der Waals surface area contributed by atoms with Crippen molar-refractivity contribution in [3.05, 3.63) is 50.0 Å². The molecule has 0 fully saturated rings. The summed E-state index contributed by atoms with van der Waals surface area (Å²) in [4.78, 5) is 12.2. The van der Waals surface area contributed by atoms with Gasteiger partial charge in [0.1, 0.15) is 0 Å². The Morgan fingerprint density at radius 1 is 1.62 bits per heavy atom. The molecule has 0 aliphatic heterocycles. The summed E-state index contributed by atoms with van der Waals surface area (Å²) in [5, 5.41) is 0. The summed E-state index contributed by atoms with van der Waals surface area (Å²) in [6.45, 7) is 6.79. The number of carbonyl (C=O) groups is 1. The molecule has 0 bridgehead atoms. The van der Waals surface area contributed by atoms with Crippen molar-refractivity contribution in [1.29, 1.82) is 0 Å². The predicted octanol–water partition coefficient (Wildman–Crippen LogP) is 1.79. The first-order valence-corrected chi connectivity index (χ1v) is 3.50. The Morgan fingerprint density at radius 3 is 2.69 bits per heavy atom. The van der Waals surface area contributed by atoms with Crippen LogP contribution in [0.4, 0.5) is 5.69 Å². The fourth-order valence-electron chi connectivity index (χ4n) is 0.868. The van der Waals surface area contributed by atoms with Gasteiger partial charge in [-0.1, -0.05) is 12.3 Å². The Kier molecular flexibility index (Phi) is 5.68. The quantitative estimate of drug-likeness (QED) is 0.731. The molecule has 65 valence electrons. The molecule has 1 aromatic carbocycles. The average Bonchev–Trinajstić information content (AvgIpc) is 2.07. The summed E-state index contributed by atoms with van der Waals surface area (Å²) in [7, 11) is 0. The van der Waals surface area contributed by atoms with Gasteiger partial charge >= 0.3 is 0 Å². The van der Waals surface area contributed by atoms with E-state index in [0.717, 1.165) is 0 Å². The van der Waals surface area contributed by atoms with E-state index < -0.39 is 0 Å². The van der Waals surface area contributed by atoms with Gasteiger partial charge in [0.15, 0.2) is 0 Å². The Hall–Kier alpha value is -0.596. The first-order valence-electron chi connectivity index (χ1n) is 3.50. The van der Waals surface area contributed by atoms with Crippen LogP contribution in [0.25, 0.3) is 0 Å². The van der Waals surface area contributed by atoms with E-state index in [1.165, 1.54) is 11.1 Å². The minimum absolute atomic E-state index is 0. The minimum Gasteiger partial charge on any atom is -0.338 e. The summed E-state index contributed by atoms with van der Waals surface area (Å²) in [5.74, 6) is -0.313. The van der Waals surface area contributed by atoms with Gasteiger partial charge in [0.2, 0.25) is 0 Å². The van der Waals surface area contributed by atoms with Crippen molar-refractivity contribution >= 4 is 11.6 Å². The molecule has 0 spiro atoms. The number of amides is 1. The first kappa shape index (κ1) is 12.4. The minimum atomic E-state index is -0.313. The molecule has 0 aromatic heterocycles. The van der Waals surface area contributed by atoms with Gasteiger partial charge < -0.3 is 16.6 Å². The van der Waals surface area contributed by atoms with Gasteiger partial charge in [-0.15, -0.1) is 6.07 Å². The van der Waals surface area contributed by atoms with Crippen LogP contribution in [0.5, 0.6) is 0 Å². The van der Waals surface area contributed by atoms with E-state index in [1.807, 2.05) is 12.1 Å². The molecule has 0 unspecified atom stereocenters. The number of hydrogen-bond donors (Lipinski definition) is 0. The van der Waals surface area contributed by atoms with Crippen LogP contribution in [0, 0.1) is 13.0 Å². The maximum atomic E-state index is 10.9. The Morgan fingerprint density at radius 2 is 2.31 bits per heavy atom. The van der Waals surface area contributed by atoms with E-state index in [0.29, 0.717) is 5.69 Å². The molecule has 1 radical (unpaired) electrons. The molecule has 0 aliphatic carbocycles. The maximum Gasteiger partial charge on any atom is 0.0889 e. The predicted molar refractivity (Wildman–Crippen MR) is 48.3 cm³/mol. The third-order valence-electron chi connectivity index (χ3n) is 1.40. The van der Waals surface area contributed by atoms with Crippen molar-refractivity contribution in [2.45, 2.75) is 0 Å². The van der Waals surface area contributed by atoms with Gasteiger partial charge in [-0.25, -0.2) is 0 Å². The van der Waals surface area contributed by atoms with Crippen LogP contribution in [0.3, 0.4) is 0 Å². The molecule has 3 heteroatoms. The molecule has 0 atom stereocenters. The Balaban J connectivity index is 0.00000144. The van der Waals surface area contributed by atoms with Gasteiger partial charge in [-0.3, -0.25) is 0 Å². The number of carbonyl (C=O) groups excluding carboxylic acids is 1. The van der Waals surface area contributed by atoms with Crippen molar-refractivity contribution in [2.24, 2.45) is 0 Å². The standard InChI is InChI=1S/C10H9NO.Y/c1-3-11(9(2)12)10-7-5-4-6-8-10;/h3-7H,1-2H2;/q-2;. The topological polar surface area (TPSA) is 20.3 Å². The van der Waals surface area contributed by atoms with E-state index in [4.69, 9.17) is 0 Å². The average molecular weight is 248 g/mol. The SMILES string of the molecule is C=CN(C([CH2-])=O)c1[c-]cccc1.[Y]. The fraction of sp³-hybridized carbons (Fsp3) is 0. The monoisotopic (exact) mass is 248 g/mol. The summed E-state index contributed by atoms with van der Waals surface area (Å²) in [5.41, 5.74) is 0.660. The Bertz CT molecular complexity index is 284. The van der Waals surface area contributed by atoms with Gasteiger partial charge in [-0.2, -0.15) is 24.3 Å². The molecule has 2 nitrogen and oxygen atoms in total. The molecule has 0 aliphatic rings. The number of benzene rings is 1. The molecule has 1 amide bonds. The van der Waals surface area contributed by atoms with E-state index in [-0.39, 0.29) is 38.6 Å². The number of rotatable bonds is 2. The summed E-state index contributed by atoms with van der Waals surface area (Å²) in [6.07, 6.45) is 1.42. The van der Waals surface area contributed by atoms with Gasteiger partial charge in [0, 0.05) is 38.9 Å². The van der Waals surface area contributed by atoms with Crippen LogP contribution in [-0.4, -0.2) is 5.91 Å². The molecule has 0 N–H and O–H groups in total. The van der Waals surface area contributed by atoms with Gasteiger partial charge in [0.05, 0.1) is 5.91 Å². The largest absolute Gasteiger partial charge is 0.338 e. The van der Waals surface area contributed by atoms with Crippen LogP contribution in [-0.2, 0) is 37.5 Å². The Labute approximate surface area is 104 Å². The number of para-hydroxylation sites is 1. The molecule has 0 saturated carbocycles. The number of anilines is 1. The number of nitrogens with zero attached hydrogens (tertiary/aromatic N) is 1. The molecule has 1 rings (SSSR count). The third kappa shape index (κ3) is 3.33. The van der Waals surface area contributed by atoms with Crippen molar-refractivity contribution in [2.75, 3.05) is 4.90 Å². The fourth-order valence-corrected chi connectivity index (χ4v) is 0.868. The third-order valence-corrected chi connectivity index (χ3v) is 1.40. The van der Waals surface area contributed by atoms with Crippen LogP contribution >= 0.6 is 0 Å². The normalized spacial score (nSPS) is 8.31. The molecule has 1 aromatic rings. The van der Waals surface area contributed by atoms with Gasteiger partial charge in [-0.05, 0) is 0 Å². The molecule has 0 saturated heterocycles. The van der Waals surface area contributed by atoms with Crippen molar-refractivity contribution in [3.8, 4) is 0 Å². The van der Waals surface area contributed by atoms with E-state index in [2.05, 4.69) is 19.6 Å². The van der Waals surface area contributed by atoms with Crippen LogP contribution in [0.1, 0.15) is 0 Å². The van der Waals surface area contributed by atoms with Crippen molar-refractivity contribution < 1.29 is 37.5 Å². The zero-order valence-corrected chi connectivity index (χ0v) is 10.1. The second-order valence-corrected chi connectivity index (χ2v) is 2.19. The zero-order chi connectivity index (χ0) is 8.97. The van der Waals surface area contributed by atoms with Crippen molar-refractivity contribution in [1.82, 2.24) is 0 Å². The maximum absolute atomic E-state index is 10.9. The van der Waals surface area contributed by atoms with Crippen LogP contribution in [0.15, 0.2) is 37.0 Å². The van der Waals surface area contributed by atoms with Crippen LogP contribution < -0.4 is 4.90 Å². The first-order chi connectivity index (χ1) is 5.75. The van der Waals surface area contributed by atoms with Crippen LogP contribution in [0.2, 0.25) is 0 Å². The van der Waals surface area contributed by atoms with E-state index in [1.54, 1.807) is 12.1 Å². The molecular formula is C10H9NOY-2. The number of hydrogen-bond acceptors (Lipinski definition) is 1. The molecular weight excluding hydrogens is 239 g/mol. The smallest absolute Gasteiger partial charge is 0.0889 e. The summed E-state index contributed by atoms with van der Waals surface area (Å²) >= 11 is 0. The van der Waals surface area contributed by atoms with E-state index in [9.17, 15) is 4.79 Å². The zero-order valence-electron chi connectivity index (χ0n) is 7.23. The summed E-state index contributed by atoms with van der Waals surface area (Å²) < 4.78 is 0. The molecule has 0 heterocycles. The molecule has 13 heavy (non-hydrogen) atoms. The van der Waals surface area contributed by atoms with Gasteiger partial charge in [0.25, 0.3) is 0 Å². The van der Waals surface area contributed by atoms with E-state index >= 15 is 0 Å². The van der Waals surface area contributed by atoms with Crippen molar-refractivity contribution in [3.63, 3.8) is 0 Å².